The van der Waals surface area contributed by atoms with Crippen LogP contribution in [-0.2, 0) is 17.9 Å². The summed E-state index contributed by atoms with van der Waals surface area (Å²) in [4.78, 5) is 20.1. The molecule has 1 amide bonds. The first-order chi connectivity index (χ1) is 13.5. The highest BCUT2D eigenvalue weighted by Crippen LogP contribution is 2.16. The van der Waals surface area contributed by atoms with Crippen molar-refractivity contribution in [1.82, 2.24) is 20.1 Å². The van der Waals surface area contributed by atoms with Crippen molar-refractivity contribution in [2.24, 2.45) is 0 Å². The van der Waals surface area contributed by atoms with Gasteiger partial charge in [0, 0.05) is 45.2 Å². The molecule has 0 bridgehead atoms. The first kappa shape index (κ1) is 20.8. The molecule has 2 aromatic rings. The second kappa shape index (κ2) is 10.0. The van der Waals surface area contributed by atoms with Crippen LogP contribution in [0.5, 0.6) is 5.75 Å². The Labute approximate surface area is 171 Å². The lowest BCUT2D eigenvalue weighted by Crippen LogP contribution is -2.45. The standard InChI is InChI=1S/C21H30N4O2S/c1-16-23-19(15-28-16)14-27-20-6-4-17(5-7-20)12-22-18-8-10-25(11-9-18)13-21(26)24(2)3/h4-7,15,18,22H,8-14H2,1-3H3. The second-order valence-electron chi connectivity index (χ2n) is 7.51. The van der Waals surface area contributed by atoms with E-state index in [2.05, 4.69) is 27.3 Å². The number of benzene rings is 1. The predicted octanol–water partition coefficient (Wildman–Crippen LogP) is 2.67. The van der Waals surface area contributed by atoms with E-state index in [-0.39, 0.29) is 5.91 Å². The van der Waals surface area contributed by atoms with Crippen LogP contribution in [0.15, 0.2) is 29.6 Å². The number of amides is 1. The summed E-state index contributed by atoms with van der Waals surface area (Å²) >= 11 is 1.64. The van der Waals surface area contributed by atoms with Gasteiger partial charge in [-0.2, -0.15) is 0 Å². The fraction of sp³-hybridized carbons (Fsp3) is 0.524. The van der Waals surface area contributed by atoms with Crippen LogP contribution < -0.4 is 10.1 Å². The highest BCUT2D eigenvalue weighted by Gasteiger charge is 2.20. The third-order valence-corrected chi connectivity index (χ3v) is 5.84. The van der Waals surface area contributed by atoms with Gasteiger partial charge in [0.15, 0.2) is 0 Å². The number of ether oxygens (including phenoxy) is 1. The summed E-state index contributed by atoms with van der Waals surface area (Å²) in [6.45, 7) is 5.84. The molecule has 0 spiro atoms. The molecule has 28 heavy (non-hydrogen) atoms. The van der Waals surface area contributed by atoms with Crippen molar-refractivity contribution in [1.29, 1.82) is 0 Å². The first-order valence-electron chi connectivity index (χ1n) is 9.78. The van der Waals surface area contributed by atoms with E-state index < -0.39 is 0 Å². The maximum Gasteiger partial charge on any atom is 0.236 e. The number of hydrogen-bond acceptors (Lipinski definition) is 6. The van der Waals surface area contributed by atoms with E-state index in [9.17, 15) is 4.79 Å². The molecule has 1 aromatic heterocycles. The number of thiazole rings is 1. The summed E-state index contributed by atoms with van der Waals surface area (Å²) in [5.41, 5.74) is 2.23. The number of aryl methyl sites for hydroxylation is 1. The van der Waals surface area contributed by atoms with Gasteiger partial charge in [-0.3, -0.25) is 9.69 Å². The third kappa shape index (κ3) is 6.29. The summed E-state index contributed by atoms with van der Waals surface area (Å²) in [7, 11) is 3.62. The van der Waals surface area contributed by atoms with Gasteiger partial charge >= 0.3 is 0 Å². The Kier molecular flexibility index (Phi) is 7.42. The Hall–Kier alpha value is -1.96. The molecule has 1 fully saturated rings. The van der Waals surface area contributed by atoms with E-state index in [1.54, 1.807) is 16.2 Å². The van der Waals surface area contributed by atoms with Gasteiger partial charge in [0.1, 0.15) is 12.4 Å². The lowest BCUT2D eigenvalue weighted by molar-refractivity contribution is -0.130. The van der Waals surface area contributed by atoms with Crippen molar-refractivity contribution in [2.75, 3.05) is 33.7 Å². The molecule has 0 aliphatic carbocycles. The van der Waals surface area contributed by atoms with Gasteiger partial charge in [0.25, 0.3) is 0 Å². The molecule has 0 radical (unpaired) electrons. The monoisotopic (exact) mass is 402 g/mol. The Morgan fingerprint density at radius 1 is 1.29 bits per heavy atom. The zero-order chi connectivity index (χ0) is 19.9. The Morgan fingerprint density at radius 2 is 2.00 bits per heavy atom. The molecule has 7 heteroatoms. The van der Waals surface area contributed by atoms with Crippen molar-refractivity contribution in [3.63, 3.8) is 0 Å². The largest absolute Gasteiger partial charge is 0.487 e. The lowest BCUT2D eigenvalue weighted by Gasteiger charge is -2.32. The van der Waals surface area contributed by atoms with Gasteiger partial charge in [0.2, 0.25) is 5.91 Å². The fourth-order valence-corrected chi connectivity index (χ4v) is 3.82. The third-order valence-electron chi connectivity index (χ3n) is 5.02. The number of piperidine rings is 1. The number of hydrogen-bond donors (Lipinski definition) is 1. The molecule has 1 aliphatic heterocycles. The van der Waals surface area contributed by atoms with Crippen molar-refractivity contribution in [3.8, 4) is 5.75 Å². The topological polar surface area (TPSA) is 57.7 Å². The minimum absolute atomic E-state index is 0.179. The van der Waals surface area contributed by atoms with E-state index in [1.165, 1.54) is 5.56 Å². The molecule has 1 saturated heterocycles. The maximum atomic E-state index is 11.8. The number of likely N-dealkylation sites (tertiary alicyclic amines) is 1. The highest BCUT2D eigenvalue weighted by atomic mass is 32.1. The number of likely N-dealkylation sites (N-methyl/N-ethyl adjacent to an activating group) is 1. The van der Waals surface area contributed by atoms with Gasteiger partial charge in [0.05, 0.1) is 17.2 Å². The average Bonchev–Trinajstić information content (AvgIpc) is 3.12. The van der Waals surface area contributed by atoms with Gasteiger partial charge < -0.3 is 15.0 Å². The molecule has 3 rings (SSSR count). The van der Waals surface area contributed by atoms with Crippen LogP contribution in [0.2, 0.25) is 0 Å². The van der Waals surface area contributed by atoms with Crippen molar-refractivity contribution >= 4 is 17.2 Å². The van der Waals surface area contributed by atoms with E-state index in [4.69, 9.17) is 4.74 Å². The lowest BCUT2D eigenvalue weighted by atomic mass is 10.0. The van der Waals surface area contributed by atoms with Gasteiger partial charge in [-0.15, -0.1) is 11.3 Å². The summed E-state index contributed by atoms with van der Waals surface area (Å²) in [5.74, 6) is 1.05. The Balaban J connectivity index is 1.36. The normalized spacial score (nSPS) is 15.5. The van der Waals surface area contributed by atoms with Crippen LogP contribution in [0.1, 0.15) is 29.1 Å². The first-order valence-corrected chi connectivity index (χ1v) is 10.7. The minimum atomic E-state index is 0.179. The van der Waals surface area contributed by atoms with Crippen LogP contribution in [0.4, 0.5) is 0 Å². The quantitative estimate of drug-likeness (QED) is 0.736. The number of rotatable bonds is 8. The van der Waals surface area contributed by atoms with Crippen molar-refractivity contribution in [3.05, 3.63) is 45.9 Å². The minimum Gasteiger partial charge on any atom is -0.487 e. The molecular weight excluding hydrogens is 372 g/mol. The molecule has 152 valence electrons. The van der Waals surface area contributed by atoms with Crippen LogP contribution in [-0.4, -0.2) is 60.5 Å². The SMILES string of the molecule is Cc1nc(COc2ccc(CNC3CCN(CC(=O)N(C)C)CC3)cc2)cs1. The Bertz CT molecular complexity index is 752. The number of carbonyl (C=O) groups is 1. The van der Waals surface area contributed by atoms with Crippen molar-refractivity contribution in [2.45, 2.75) is 39.0 Å². The smallest absolute Gasteiger partial charge is 0.236 e. The van der Waals surface area contributed by atoms with Crippen LogP contribution in [0, 0.1) is 6.92 Å². The Morgan fingerprint density at radius 3 is 2.61 bits per heavy atom. The average molecular weight is 403 g/mol. The zero-order valence-corrected chi connectivity index (χ0v) is 17.8. The van der Waals surface area contributed by atoms with Crippen LogP contribution in [0.25, 0.3) is 0 Å². The summed E-state index contributed by atoms with van der Waals surface area (Å²) in [6, 6.07) is 8.77. The van der Waals surface area contributed by atoms with E-state index in [1.807, 2.05) is 38.5 Å². The highest BCUT2D eigenvalue weighted by molar-refractivity contribution is 7.09. The molecule has 1 aliphatic rings. The predicted molar refractivity (Wildman–Crippen MR) is 113 cm³/mol. The summed E-state index contributed by atoms with van der Waals surface area (Å²) in [6.07, 6.45) is 2.16. The number of nitrogens with zero attached hydrogens (tertiary/aromatic N) is 3. The maximum absolute atomic E-state index is 11.8. The van der Waals surface area contributed by atoms with E-state index >= 15 is 0 Å². The molecule has 0 saturated carbocycles. The second-order valence-corrected chi connectivity index (χ2v) is 8.57. The van der Waals surface area contributed by atoms with E-state index in [0.29, 0.717) is 19.2 Å². The summed E-state index contributed by atoms with van der Waals surface area (Å²) < 4.78 is 5.80. The molecule has 2 heterocycles. The molecule has 0 atom stereocenters. The fourth-order valence-electron chi connectivity index (χ4n) is 3.23. The summed E-state index contributed by atoms with van der Waals surface area (Å²) in [5, 5.41) is 6.75. The van der Waals surface area contributed by atoms with Gasteiger partial charge in [-0.1, -0.05) is 12.1 Å². The van der Waals surface area contributed by atoms with Crippen LogP contribution >= 0.6 is 11.3 Å². The van der Waals surface area contributed by atoms with Crippen LogP contribution in [0.3, 0.4) is 0 Å². The molecule has 6 nitrogen and oxygen atoms in total. The molecule has 0 unspecified atom stereocenters. The number of carbonyl (C=O) groups excluding carboxylic acids is 1. The molecule has 1 N–H and O–H groups in total. The number of aromatic nitrogens is 1. The van der Waals surface area contributed by atoms with E-state index in [0.717, 1.165) is 48.9 Å². The van der Waals surface area contributed by atoms with Gasteiger partial charge in [-0.05, 0) is 37.5 Å². The van der Waals surface area contributed by atoms with Crippen molar-refractivity contribution < 1.29 is 9.53 Å². The number of nitrogens with one attached hydrogen (secondary N) is 1. The molecule has 1 aromatic carbocycles. The zero-order valence-electron chi connectivity index (χ0n) is 17.0. The van der Waals surface area contributed by atoms with Gasteiger partial charge in [-0.25, -0.2) is 4.98 Å². The molecular formula is C21H30N4O2S.